The fourth-order valence-corrected chi connectivity index (χ4v) is 6.18. The normalized spacial score (nSPS) is 12.2. The van der Waals surface area contributed by atoms with Crippen LogP contribution in [0.2, 0.25) is 0 Å². The van der Waals surface area contributed by atoms with Crippen molar-refractivity contribution in [1.29, 1.82) is 0 Å². The van der Waals surface area contributed by atoms with E-state index in [1.165, 1.54) is 4.31 Å². The van der Waals surface area contributed by atoms with Crippen LogP contribution in [0, 0.1) is 26.7 Å². The number of hydrogen-bond acceptors (Lipinski definition) is 4. The maximum atomic E-state index is 14.1. The third kappa shape index (κ3) is 8.67. The van der Waals surface area contributed by atoms with Crippen molar-refractivity contribution >= 4 is 27.5 Å². The molecule has 0 unspecified atom stereocenters. The van der Waals surface area contributed by atoms with Crippen molar-refractivity contribution in [2.24, 2.45) is 5.92 Å². The van der Waals surface area contributed by atoms with E-state index < -0.39 is 28.5 Å². The van der Waals surface area contributed by atoms with Crippen LogP contribution in [-0.4, -0.2) is 50.8 Å². The topological polar surface area (TPSA) is 86.8 Å². The Morgan fingerprint density at radius 1 is 0.854 bits per heavy atom. The maximum Gasteiger partial charge on any atom is 0.264 e. The van der Waals surface area contributed by atoms with Crippen LogP contribution in [0.1, 0.15) is 49.4 Å². The number of benzene rings is 3. The molecule has 0 aliphatic rings. The van der Waals surface area contributed by atoms with Crippen molar-refractivity contribution in [2.75, 3.05) is 23.9 Å². The highest BCUT2D eigenvalue weighted by Crippen LogP contribution is 2.27. The molecule has 3 aromatic carbocycles. The second-order valence-electron chi connectivity index (χ2n) is 11.1. The SMILES string of the molecule is CC[C@H](C(=O)NCC(C)C)N(CCc1ccccc1)C(=O)CN(c1cc(C)cc(C)c1)S(=O)(=O)c1ccc(C)cc1. The van der Waals surface area contributed by atoms with E-state index in [9.17, 15) is 18.0 Å². The summed E-state index contributed by atoms with van der Waals surface area (Å²) >= 11 is 0. The van der Waals surface area contributed by atoms with E-state index in [4.69, 9.17) is 0 Å². The van der Waals surface area contributed by atoms with E-state index in [0.717, 1.165) is 22.3 Å². The van der Waals surface area contributed by atoms with E-state index >= 15 is 0 Å². The molecule has 0 radical (unpaired) electrons. The summed E-state index contributed by atoms with van der Waals surface area (Å²) in [5.41, 5.74) is 4.15. The minimum Gasteiger partial charge on any atom is -0.354 e. The minimum absolute atomic E-state index is 0.104. The van der Waals surface area contributed by atoms with Gasteiger partial charge in [-0.1, -0.05) is 74.9 Å². The summed E-state index contributed by atoms with van der Waals surface area (Å²) < 4.78 is 29.2. The number of aryl methyl sites for hydroxylation is 3. The fourth-order valence-electron chi connectivity index (χ4n) is 4.78. The number of rotatable bonds is 13. The van der Waals surface area contributed by atoms with Crippen molar-refractivity contribution in [3.63, 3.8) is 0 Å². The molecule has 0 bridgehead atoms. The monoisotopic (exact) mass is 577 g/mol. The predicted octanol–water partition coefficient (Wildman–Crippen LogP) is 5.43. The Kier molecular flexibility index (Phi) is 11.1. The van der Waals surface area contributed by atoms with Crippen LogP contribution in [0.15, 0.2) is 77.7 Å². The molecule has 0 aliphatic carbocycles. The molecule has 0 saturated heterocycles. The first-order chi connectivity index (χ1) is 19.4. The summed E-state index contributed by atoms with van der Waals surface area (Å²) in [5.74, 6) is -0.408. The number of amides is 2. The van der Waals surface area contributed by atoms with Crippen LogP contribution in [0.4, 0.5) is 5.69 Å². The zero-order valence-electron chi connectivity index (χ0n) is 25.1. The first-order valence-corrected chi connectivity index (χ1v) is 15.6. The van der Waals surface area contributed by atoms with E-state index in [-0.39, 0.29) is 23.3 Å². The Morgan fingerprint density at radius 3 is 2.02 bits per heavy atom. The van der Waals surface area contributed by atoms with Gasteiger partial charge in [-0.15, -0.1) is 0 Å². The van der Waals surface area contributed by atoms with Crippen LogP contribution >= 0.6 is 0 Å². The Labute approximate surface area is 245 Å². The molecule has 0 aliphatic heterocycles. The Morgan fingerprint density at radius 2 is 1.46 bits per heavy atom. The van der Waals surface area contributed by atoms with E-state index in [2.05, 4.69) is 5.32 Å². The lowest BCUT2D eigenvalue weighted by atomic mass is 10.1. The number of hydrogen-bond donors (Lipinski definition) is 1. The largest absolute Gasteiger partial charge is 0.354 e. The average Bonchev–Trinajstić information content (AvgIpc) is 2.92. The standard InChI is InChI=1S/C33H43N3O4S/c1-7-31(33(38)34-22-24(2)3)35(18-17-28-11-9-8-10-12-28)32(37)23-36(29-20-26(5)19-27(6)21-29)41(39,40)30-15-13-25(4)14-16-30/h8-16,19-21,24,31H,7,17-18,22-23H2,1-6H3,(H,34,38)/t31-/m1/s1. The number of carbonyl (C=O) groups excluding carboxylic acids is 2. The van der Waals surface area contributed by atoms with Gasteiger partial charge in [-0.3, -0.25) is 13.9 Å². The molecule has 0 heterocycles. The van der Waals surface area contributed by atoms with Gasteiger partial charge in [0.15, 0.2) is 0 Å². The lowest BCUT2D eigenvalue weighted by Crippen LogP contribution is -2.53. The molecule has 8 heteroatoms. The Hall–Kier alpha value is -3.65. The fraction of sp³-hybridized carbons (Fsp3) is 0.394. The van der Waals surface area contributed by atoms with Crippen molar-refractivity contribution in [3.8, 4) is 0 Å². The number of sulfonamides is 1. The molecule has 3 rings (SSSR count). The molecule has 0 fully saturated rings. The van der Waals surface area contributed by atoms with Crippen molar-refractivity contribution in [2.45, 2.75) is 65.3 Å². The highest BCUT2D eigenvalue weighted by Gasteiger charge is 2.33. The summed E-state index contributed by atoms with van der Waals surface area (Å²) in [6.45, 7) is 11.9. The predicted molar refractivity (Wildman–Crippen MR) is 165 cm³/mol. The quantitative estimate of drug-likeness (QED) is 0.294. The van der Waals surface area contributed by atoms with Gasteiger partial charge in [-0.2, -0.15) is 0 Å². The van der Waals surface area contributed by atoms with Crippen LogP contribution in [0.25, 0.3) is 0 Å². The lowest BCUT2D eigenvalue weighted by molar-refractivity contribution is -0.139. The van der Waals surface area contributed by atoms with Crippen LogP contribution < -0.4 is 9.62 Å². The summed E-state index contributed by atoms with van der Waals surface area (Å²) in [6.07, 6.45) is 0.938. The van der Waals surface area contributed by atoms with Gasteiger partial charge in [0.1, 0.15) is 12.6 Å². The molecule has 41 heavy (non-hydrogen) atoms. The minimum atomic E-state index is -4.09. The lowest BCUT2D eigenvalue weighted by Gasteiger charge is -2.33. The van der Waals surface area contributed by atoms with E-state index in [1.807, 2.05) is 77.9 Å². The molecule has 2 amide bonds. The zero-order chi connectivity index (χ0) is 30.2. The second kappa shape index (κ2) is 14.3. The summed E-state index contributed by atoms with van der Waals surface area (Å²) in [5, 5.41) is 2.96. The summed E-state index contributed by atoms with van der Waals surface area (Å²) in [4.78, 5) is 29.1. The molecule has 1 atom stereocenters. The highest BCUT2D eigenvalue weighted by atomic mass is 32.2. The van der Waals surface area contributed by atoms with Crippen LogP contribution in [-0.2, 0) is 26.0 Å². The number of carbonyl (C=O) groups is 2. The number of nitrogens with zero attached hydrogens (tertiary/aromatic N) is 2. The van der Waals surface area contributed by atoms with E-state index in [0.29, 0.717) is 25.1 Å². The molecule has 0 aromatic heterocycles. The van der Waals surface area contributed by atoms with Gasteiger partial charge >= 0.3 is 0 Å². The van der Waals surface area contributed by atoms with Gasteiger partial charge in [0.2, 0.25) is 11.8 Å². The molecule has 220 valence electrons. The Balaban J connectivity index is 2.03. The highest BCUT2D eigenvalue weighted by molar-refractivity contribution is 7.92. The zero-order valence-corrected chi connectivity index (χ0v) is 25.9. The van der Waals surface area contributed by atoms with E-state index in [1.54, 1.807) is 41.3 Å². The van der Waals surface area contributed by atoms with Gasteiger partial charge < -0.3 is 10.2 Å². The number of nitrogens with one attached hydrogen (secondary N) is 1. The maximum absolute atomic E-state index is 14.1. The molecule has 1 N–H and O–H groups in total. The molecule has 7 nitrogen and oxygen atoms in total. The molecular formula is C33H43N3O4S. The van der Waals surface area contributed by atoms with Crippen LogP contribution in [0.5, 0.6) is 0 Å². The van der Waals surface area contributed by atoms with Gasteiger partial charge in [0, 0.05) is 13.1 Å². The molecule has 0 saturated carbocycles. The van der Waals surface area contributed by atoms with Gasteiger partial charge in [0.05, 0.1) is 10.6 Å². The smallest absolute Gasteiger partial charge is 0.264 e. The third-order valence-electron chi connectivity index (χ3n) is 6.94. The van der Waals surface area contributed by atoms with Gasteiger partial charge in [0.25, 0.3) is 10.0 Å². The van der Waals surface area contributed by atoms with Gasteiger partial charge in [-0.25, -0.2) is 8.42 Å². The van der Waals surface area contributed by atoms with Crippen molar-refractivity contribution in [3.05, 3.63) is 95.1 Å². The molecule has 3 aromatic rings. The number of anilines is 1. The first kappa shape index (κ1) is 31.9. The Bertz CT molecular complexity index is 1400. The molecular weight excluding hydrogens is 534 g/mol. The third-order valence-corrected chi connectivity index (χ3v) is 8.73. The first-order valence-electron chi connectivity index (χ1n) is 14.2. The summed E-state index contributed by atoms with van der Waals surface area (Å²) in [6, 6.07) is 21.1. The van der Waals surface area contributed by atoms with Gasteiger partial charge in [-0.05, 0) is 80.5 Å². The molecule has 0 spiro atoms. The average molecular weight is 578 g/mol. The summed E-state index contributed by atoms with van der Waals surface area (Å²) in [7, 11) is -4.09. The second-order valence-corrected chi connectivity index (χ2v) is 12.9. The van der Waals surface area contributed by atoms with Crippen molar-refractivity contribution in [1.82, 2.24) is 10.2 Å². The van der Waals surface area contributed by atoms with Crippen molar-refractivity contribution < 1.29 is 18.0 Å². The van der Waals surface area contributed by atoms with Crippen LogP contribution in [0.3, 0.4) is 0 Å².